The fourth-order valence-corrected chi connectivity index (χ4v) is 1.99. The zero-order chi connectivity index (χ0) is 9.26. The van der Waals surface area contributed by atoms with Crippen molar-refractivity contribution in [3.63, 3.8) is 0 Å². The standard InChI is InChI=1S/C10H16N2O/c1-3-13-10-8-6-4-5-7-9(8)12(2)11-10/h3-7H2,1-2H3. The van der Waals surface area contributed by atoms with E-state index < -0.39 is 0 Å². The first-order chi connectivity index (χ1) is 6.33. The number of rotatable bonds is 2. The van der Waals surface area contributed by atoms with E-state index >= 15 is 0 Å². The van der Waals surface area contributed by atoms with E-state index in [1.807, 2.05) is 18.7 Å². The molecule has 0 unspecified atom stereocenters. The van der Waals surface area contributed by atoms with Crippen molar-refractivity contribution in [2.24, 2.45) is 7.05 Å². The molecule has 72 valence electrons. The van der Waals surface area contributed by atoms with Crippen LogP contribution in [0.15, 0.2) is 0 Å². The molecule has 13 heavy (non-hydrogen) atoms. The highest BCUT2D eigenvalue weighted by Gasteiger charge is 2.19. The number of fused-ring (bicyclic) bond motifs is 1. The molecule has 0 N–H and O–H groups in total. The fraction of sp³-hybridized carbons (Fsp3) is 0.700. The van der Waals surface area contributed by atoms with Crippen LogP contribution in [0, 0.1) is 0 Å². The SMILES string of the molecule is CCOc1nn(C)c2c1CCCC2. The van der Waals surface area contributed by atoms with E-state index in [0.29, 0.717) is 6.61 Å². The van der Waals surface area contributed by atoms with Gasteiger partial charge >= 0.3 is 0 Å². The molecule has 1 aliphatic carbocycles. The van der Waals surface area contributed by atoms with Crippen molar-refractivity contribution in [3.05, 3.63) is 11.3 Å². The largest absolute Gasteiger partial charge is 0.477 e. The summed E-state index contributed by atoms with van der Waals surface area (Å²) in [7, 11) is 2.01. The quantitative estimate of drug-likeness (QED) is 0.692. The molecule has 3 nitrogen and oxygen atoms in total. The highest BCUT2D eigenvalue weighted by molar-refractivity contribution is 5.33. The molecule has 1 aromatic heterocycles. The van der Waals surface area contributed by atoms with Crippen LogP contribution in [0.2, 0.25) is 0 Å². The van der Waals surface area contributed by atoms with Gasteiger partial charge in [-0.15, -0.1) is 5.10 Å². The summed E-state index contributed by atoms with van der Waals surface area (Å²) in [6.45, 7) is 2.72. The van der Waals surface area contributed by atoms with Crippen LogP contribution in [0.3, 0.4) is 0 Å². The number of aromatic nitrogens is 2. The van der Waals surface area contributed by atoms with Crippen molar-refractivity contribution in [1.82, 2.24) is 9.78 Å². The van der Waals surface area contributed by atoms with Crippen LogP contribution < -0.4 is 4.74 Å². The molecule has 0 spiro atoms. The Morgan fingerprint density at radius 3 is 2.92 bits per heavy atom. The van der Waals surface area contributed by atoms with E-state index in [2.05, 4.69) is 5.10 Å². The van der Waals surface area contributed by atoms with Crippen molar-refractivity contribution in [3.8, 4) is 5.88 Å². The van der Waals surface area contributed by atoms with Gasteiger partial charge in [-0.1, -0.05) is 0 Å². The molecule has 2 rings (SSSR count). The summed E-state index contributed by atoms with van der Waals surface area (Å²) in [5.74, 6) is 0.861. The van der Waals surface area contributed by atoms with Crippen LogP contribution >= 0.6 is 0 Å². The zero-order valence-electron chi connectivity index (χ0n) is 8.34. The number of ether oxygens (including phenoxy) is 1. The van der Waals surface area contributed by atoms with Crippen LogP contribution in [-0.4, -0.2) is 16.4 Å². The van der Waals surface area contributed by atoms with E-state index in [-0.39, 0.29) is 0 Å². The summed E-state index contributed by atoms with van der Waals surface area (Å²) < 4.78 is 7.46. The molecule has 0 fully saturated rings. The molecule has 0 aromatic carbocycles. The minimum atomic E-state index is 0.712. The maximum atomic E-state index is 5.49. The summed E-state index contributed by atoms with van der Waals surface area (Å²) in [4.78, 5) is 0. The number of aryl methyl sites for hydroxylation is 1. The van der Waals surface area contributed by atoms with Gasteiger partial charge < -0.3 is 4.74 Å². The van der Waals surface area contributed by atoms with Gasteiger partial charge in [0.05, 0.1) is 6.61 Å². The first kappa shape index (κ1) is 8.60. The lowest BCUT2D eigenvalue weighted by molar-refractivity contribution is 0.319. The summed E-state index contributed by atoms with van der Waals surface area (Å²) in [5.41, 5.74) is 2.71. The Bertz CT molecular complexity index is 304. The predicted molar refractivity (Wildman–Crippen MR) is 51.0 cm³/mol. The normalized spacial score (nSPS) is 15.5. The molecule has 0 aliphatic heterocycles. The van der Waals surface area contributed by atoms with E-state index in [1.54, 1.807) is 0 Å². The molecular formula is C10H16N2O. The molecule has 1 heterocycles. The van der Waals surface area contributed by atoms with Crippen LogP contribution in [0.5, 0.6) is 5.88 Å². The number of hydrogen-bond donors (Lipinski definition) is 0. The maximum Gasteiger partial charge on any atom is 0.236 e. The maximum absolute atomic E-state index is 5.49. The smallest absolute Gasteiger partial charge is 0.236 e. The second kappa shape index (κ2) is 3.40. The minimum Gasteiger partial charge on any atom is -0.477 e. The second-order valence-electron chi connectivity index (χ2n) is 3.49. The molecule has 1 aliphatic rings. The first-order valence-corrected chi connectivity index (χ1v) is 5.00. The monoisotopic (exact) mass is 180 g/mol. The Morgan fingerprint density at radius 2 is 2.15 bits per heavy atom. The fourth-order valence-electron chi connectivity index (χ4n) is 1.99. The molecule has 0 atom stereocenters. The minimum absolute atomic E-state index is 0.712. The van der Waals surface area contributed by atoms with Gasteiger partial charge in [-0.05, 0) is 32.6 Å². The molecule has 0 bridgehead atoms. The van der Waals surface area contributed by atoms with Gasteiger partial charge in [0, 0.05) is 18.3 Å². The van der Waals surface area contributed by atoms with Crippen molar-refractivity contribution < 1.29 is 4.74 Å². The summed E-state index contributed by atoms with van der Waals surface area (Å²) in [6.07, 6.45) is 4.86. The molecule has 1 aromatic rings. The molecule has 0 amide bonds. The molecule has 0 saturated heterocycles. The van der Waals surface area contributed by atoms with Crippen molar-refractivity contribution in [1.29, 1.82) is 0 Å². The third kappa shape index (κ3) is 1.43. The van der Waals surface area contributed by atoms with E-state index in [1.165, 1.54) is 24.1 Å². The third-order valence-corrected chi connectivity index (χ3v) is 2.61. The summed E-state index contributed by atoms with van der Waals surface area (Å²) >= 11 is 0. The van der Waals surface area contributed by atoms with E-state index in [0.717, 1.165) is 18.7 Å². The van der Waals surface area contributed by atoms with E-state index in [9.17, 15) is 0 Å². The summed E-state index contributed by atoms with van der Waals surface area (Å²) in [5, 5.41) is 4.38. The van der Waals surface area contributed by atoms with Crippen molar-refractivity contribution >= 4 is 0 Å². The number of hydrogen-bond acceptors (Lipinski definition) is 2. The van der Waals surface area contributed by atoms with Gasteiger partial charge in [0.25, 0.3) is 0 Å². The zero-order valence-corrected chi connectivity index (χ0v) is 8.34. The Morgan fingerprint density at radius 1 is 1.38 bits per heavy atom. The van der Waals surface area contributed by atoms with E-state index in [4.69, 9.17) is 4.74 Å². The Labute approximate surface area is 78.7 Å². The average Bonchev–Trinajstić information content (AvgIpc) is 2.46. The Kier molecular flexibility index (Phi) is 2.25. The van der Waals surface area contributed by atoms with Crippen LogP contribution in [0.25, 0.3) is 0 Å². The Balaban J connectivity index is 2.36. The van der Waals surface area contributed by atoms with Crippen LogP contribution in [0.4, 0.5) is 0 Å². The van der Waals surface area contributed by atoms with Gasteiger partial charge in [0.1, 0.15) is 0 Å². The predicted octanol–water partition coefficient (Wildman–Crippen LogP) is 1.70. The lowest BCUT2D eigenvalue weighted by Gasteiger charge is -2.11. The van der Waals surface area contributed by atoms with Crippen LogP contribution in [0.1, 0.15) is 31.0 Å². The lowest BCUT2D eigenvalue weighted by atomic mass is 9.98. The Hall–Kier alpha value is -0.990. The van der Waals surface area contributed by atoms with Crippen molar-refractivity contribution in [2.75, 3.05) is 6.61 Å². The van der Waals surface area contributed by atoms with Crippen LogP contribution in [-0.2, 0) is 19.9 Å². The molecular weight excluding hydrogens is 164 g/mol. The summed E-state index contributed by atoms with van der Waals surface area (Å²) in [6, 6.07) is 0. The molecule has 0 saturated carbocycles. The van der Waals surface area contributed by atoms with Gasteiger partial charge in [-0.2, -0.15) is 0 Å². The average molecular weight is 180 g/mol. The van der Waals surface area contributed by atoms with Gasteiger partial charge in [0.15, 0.2) is 0 Å². The molecule has 3 heteroatoms. The topological polar surface area (TPSA) is 27.1 Å². The first-order valence-electron chi connectivity index (χ1n) is 5.00. The van der Waals surface area contributed by atoms with Gasteiger partial charge in [-0.25, -0.2) is 0 Å². The van der Waals surface area contributed by atoms with Gasteiger partial charge in [0.2, 0.25) is 5.88 Å². The third-order valence-electron chi connectivity index (χ3n) is 2.61. The van der Waals surface area contributed by atoms with Gasteiger partial charge in [-0.3, -0.25) is 4.68 Å². The number of nitrogens with zero attached hydrogens (tertiary/aromatic N) is 2. The second-order valence-corrected chi connectivity index (χ2v) is 3.49. The highest BCUT2D eigenvalue weighted by Crippen LogP contribution is 2.28. The van der Waals surface area contributed by atoms with Crippen molar-refractivity contribution in [2.45, 2.75) is 32.6 Å². The lowest BCUT2D eigenvalue weighted by Crippen LogP contribution is -2.05. The highest BCUT2D eigenvalue weighted by atomic mass is 16.5. The molecule has 0 radical (unpaired) electrons.